The molecule has 0 atom stereocenters. The van der Waals surface area contributed by atoms with Crippen molar-refractivity contribution in [1.82, 2.24) is 0 Å². The molecule has 5 heteroatoms. The van der Waals surface area contributed by atoms with Gasteiger partial charge in [-0.3, -0.25) is 0 Å². The molecule has 0 unspecified atom stereocenters. The minimum absolute atomic E-state index is 0.325. The van der Waals surface area contributed by atoms with Crippen LogP contribution in [0.25, 0.3) is 0 Å². The molecule has 0 heterocycles. The Hall–Kier alpha value is -1.26. The first-order valence-electron chi connectivity index (χ1n) is 3.42. The van der Waals surface area contributed by atoms with Gasteiger partial charge in [0.1, 0.15) is 11.6 Å². The molecule has 0 aliphatic rings. The Morgan fingerprint density at radius 1 is 1.23 bits per heavy atom. The van der Waals surface area contributed by atoms with Gasteiger partial charge in [0.25, 0.3) is 0 Å². The Labute approximate surface area is 71.6 Å². The topological polar surface area (TPSA) is 20.2 Å². The summed E-state index contributed by atoms with van der Waals surface area (Å²) in [6.45, 7) is 0. The maximum Gasteiger partial charge on any atom is 0.393 e. The van der Waals surface area contributed by atoms with E-state index in [0.717, 1.165) is 12.1 Å². The molecule has 1 aromatic rings. The highest BCUT2D eigenvalue weighted by Gasteiger charge is 2.28. The number of phenols is 1. The molecule has 0 saturated heterocycles. The molecule has 0 saturated carbocycles. The molecule has 1 nitrogen and oxygen atoms in total. The van der Waals surface area contributed by atoms with Crippen LogP contribution in [0.15, 0.2) is 18.2 Å². The second kappa shape index (κ2) is 3.24. The minimum atomic E-state index is -4.39. The molecule has 0 bridgehead atoms. The van der Waals surface area contributed by atoms with Gasteiger partial charge in [0.05, 0.1) is 6.42 Å². The van der Waals surface area contributed by atoms with Crippen molar-refractivity contribution < 1.29 is 22.7 Å². The first-order chi connectivity index (χ1) is 5.88. The first-order valence-corrected chi connectivity index (χ1v) is 3.42. The van der Waals surface area contributed by atoms with E-state index in [2.05, 4.69) is 0 Å². The van der Waals surface area contributed by atoms with Gasteiger partial charge in [-0.2, -0.15) is 13.2 Å². The summed E-state index contributed by atoms with van der Waals surface area (Å²) in [6, 6.07) is 2.44. The second-order valence-electron chi connectivity index (χ2n) is 2.56. The van der Waals surface area contributed by atoms with E-state index >= 15 is 0 Å². The SMILES string of the molecule is Oc1cc(F)ccc1CC(F)(F)F. The summed E-state index contributed by atoms with van der Waals surface area (Å²) in [4.78, 5) is 0. The number of phenolic OH excluding ortho intramolecular Hbond substituents is 1. The molecular weight excluding hydrogens is 188 g/mol. The third kappa shape index (κ3) is 2.93. The van der Waals surface area contributed by atoms with Crippen molar-refractivity contribution in [3.63, 3.8) is 0 Å². The van der Waals surface area contributed by atoms with E-state index < -0.39 is 24.2 Å². The molecule has 72 valence electrons. The Balaban J connectivity index is 2.90. The molecule has 0 aliphatic carbocycles. The molecular formula is C8H6F4O. The summed E-state index contributed by atoms with van der Waals surface area (Å²) < 4.78 is 47.8. The Bertz CT molecular complexity index is 306. The average molecular weight is 194 g/mol. The molecule has 0 aromatic heterocycles. The van der Waals surface area contributed by atoms with E-state index in [0.29, 0.717) is 6.07 Å². The summed E-state index contributed by atoms with van der Waals surface area (Å²) in [6.07, 6.45) is -5.64. The minimum Gasteiger partial charge on any atom is -0.508 e. The van der Waals surface area contributed by atoms with Gasteiger partial charge in [0, 0.05) is 11.6 Å². The van der Waals surface area contributed by atoms with Crippen LogP contribution in [0.4, 0.5) is 17.6 Å². The lowest BCUT2D eigenvalue weighted by atomic mass is 10.1. The van der Waals surface area contributed by atoms with Crippen LogP contribution < -0.4 is 0 Å². The average Bonchev–Trinajstić information content (AvgIpc) is 1.93. The molecule has 13 heavy (non-hydrogen) atoms. The molecule has 0 fully saturated rings. The van der Waals surface area contributed by atoms with Crippen LogP contribution in [0.5, 0.6) is 5.75 Å². The number of benzene rings is 1. The predicted octanol–water partition coefficient (Wildman–Crippen LogP) is 2.64. The lowest BCUT2D eigenvalue weighted by molar-refractivity contribution is -0.127. The number of aromatic hydroxyl groups is 1. The molecule has 0 amide bonds. The molecule has 0 spiro atoms. The fourth-order valence-corrected chi connectivity index (χ4v) is 0.902. The number of rotatable bonds is 1. The standard InChI is InChI=1S/C8H6F4O/c9-6-2-1-5(7(13)3-6)4-8(10,11)12/h1-3,13H,4H2. The maximum absolute atomic E-state index is 12.3. The summed E-state index contributed by atoms with van der Waals surface area (Å²) in [7, 11) is 0. The zero-order valence-corrected chi connectivity index (χ0v) is 6.40. The number of hydrogen-bond donors (Lipinski definition) is 1. The van der Waals surface area contributed by atoms with E-state index in [1.54, 1.807) is 0 Å². The number of halogens is 4. The summed E-state index contributed by atoms with van der Waals surface area (Å²) in [5, 5.41) is 8.91. The zero-order valence-electron chi connectivity index (χ0n) is 6.40. The van der Waals surface area contributed by atoms with E-state index in [1.807, 2.05) is 0 Å². The van der Waals surface area contributed by atoms with Crippen molar-refractivity contribution >= 4 is 0 Å². The van der Waals surface area contributed by atoms with E-state index in [9.17, 15) is 17.6 Å². The maximum atomic E-state index is 12.3. The third-order valence-corrected chi connectivity index (χ3v) is 1.44. The fraction of sp³-hybridized carbons (Fsp3) is 0.250. The van der Waals surface area contributed by atoms with Crippen molar-refractivity contribution in [1.29, 1.82) is 0 Å². The highest BCUT2D eigenvalue weighted by atomic mass is 19.4. The van der Waals surface area contributed by atoms with Crippen LogP contribution in [-0.4, -0.2) is 11.3 Å². The van der Waals surface area contributed by atoms with Crippen molar-refractivity contribution in [3.8, 4) is 5.75 Å². The van der Waals surface area contributed by atoms with E-state index in [1.165, 1.54) is 0 Å². The number of alkyl halides is 3. The fourth-order valence-electron chi connectivity index (χ4n) is 0.902. The van der Waals surface area contributed by atoms with Gasteiger partial charge in [-0.15, -0.1) is 0 Å². The van der Waals surface area contributed by atoms with Crippen molar-refractivity contribution in [2.24, 2.45) is 0 Å². The Morgan fingerprint density at radius 3 is 2.31 bits per heavy atom. The van der Waals surface area contributed by atoms with Crippen molar-refractivity contribution in [2.45, 2.75) is 12.6 Å². The smallest absolute Gasteiger partial charge is 0.393 e. The van der Waals surface area contributed by atoms with Crippen molar-refractivity contribution in [3.05, 3.63) is 29.6 Å². The lowest BCUT2D eigenvalue weighted by Crippen LogP contribution is -2.11. The molecule has 0 radical (unpaired) electrons. The normalized spacial score (nSPS) is 11.7. The first kappa shape index (κ1) is 9.83. The molecule has 1 rings (SSSR count). The molecule has 1 N–H and O–H groups in total. The van der Waals surface area contributed by atoms with Crippen LogP contribution in [0.3, 0.4) is 0 Å². The highest BCUT2D eigenvalue weighted by molar-refractivity contribution is 5.33. The van der Waals surface area contributed by atoms with Crippen LogP contribution in [0, 0.1) is 5.82 Å². The van der Waals surface area contributed by atoms with Gasteiger partial charge in [0.15, 0.2) is 0 Å². The summed E-state index contributed by atoms with van der Waals surface area (Å²) in [5.41, 5.74) is -0.325. The Kier molecular flexibility index (Phi) is 2.45. The lowest BCUT2D eigenvalue weighted by Gasteiger charge is -2.07. The quantitative estimate of drug-likeness (QED) is 0.681. The Morgan fingerprint density at radius 2 is 1.85 bits per heavy atom. The number of hydrogen-bond acceptors (Lipinski definition) is 1. The van der Waals surface area contributed by atoms with Crippen LogP contribution in [0.1, 0.15) is 5.56 Å². The third-order valence-electron chi connectivity index (χ3n) is 1.44. The van der Waals surface area contributed by atoms with Gasteiger partial charge in [-0.25, -0.2) is 4.39 Å². The summed E-state index contributed by atoms with van der Waals surface area (Å²) >= 11 is 0. The highest BCUT2D eigenvalue weighted by Crippen LogP contribution is 2.27. The predicted molar refractivity (Wildman–Crippen MR) is 37.8 cm³/mol. The van der Waals surface area contributed by atoms with E-state index in [4.69, 9.17) is 5.11 Å². The largest absolute Gasteiger partial charge is 0.508 e. The van der Waals surface area contributed by atoms with Gasteiger partial charge in [-0.1, -0.05) is 6.07 Å². The monoisotopic (exact) mass is 194 g/mol. The molecule has 1 aromatic carbocycles. The van der Waals surface area contributed by atoms with Crippen LogP contribution >= 0.6 is 0 Å². The van der Waals surface area contributed by atoms with Crippen LogP contribution in [0.2, 0.25) is 0 Å². The summed E-state index contributed by atoms with van der Waals surface area (Å²) in [5.74, 6) is -1.43. The second-order valence-corrected chi connectivity index (χ2v) is 2.56. The zero-order chi connectivity index (χ0) is 10.1. The van der Waals surface area contributed by atoms with Gasteiger partial charge in [0.2, 0.25) is 0 Å². The van der Waals surface area contributed by atoms with E-state index in [-0.39, 0.29) is 5.56 Å². The van der Waals surface area contributed by atoms with Gasteiger partial charge in [-0.05, 0) is 6.07 Å². The van der Waals surface area contributed by atoms with Crippen molar-refractivity contribution in [2.75, 3.05) is 0 Å². The van der Waals surface area contributed by atoms with Gasteiger partial charge < -0.3 is 5.11 Å². The molecule has 0 aliphatic heterocycles. The van der Waals surface area contributed by atoms with Gasteiger partial charge >= 0.3 is 6.18 Å². The van der Waals surface area contributed by atoms with Crippen LogP contribution in [-0.2, 0) is 6.42 Å².